The van der Waals surface area contributed by atoms with E-state index in [-0.39, 0.29) is 5.91 Å². The zero-order valence-corrected chi connectivity index (χ0v) is 13.0. The highest BCUT2D eigenvalue weighted by atomic mass is 16.2. The van der Waals surface area contributed by atoms with E-state index in [1.54, 1.807) is 6.08 Å². The number of nitrogens with zero attached hydrogens (tertiary/aromatic N) is 5. The molecule has 0 radical (unpaired) electrons. The summed E-state index contributed by atoms with van der Waals surface area (Å²) in [5.41, 5.74) is 4.00. The van der Waals surface area contributed by atoms with Gasteiger partial charge in [0.2, 0.25) is 0 Å². The van der Waals surface area contributed by atoms with Crippen LogP contribution in [0.4, 0.5) is 5.69 Å². The predicted molar refractivity (Wildman–Crippen MR) is 89.2 cm³/mol. The molecule has 1 aromatic carbocycles. The number of anilines is 1. The first kappa shape index (κ1) is 14.2. The van der Waals surface area contributed by atoms with Gasteiger partial charge in [0.05, 0.1) is 11.4 Å². The monoisotopic (exact) mass is 295 g/mol. The summed E-state index contributed by atoms with van der Waals surface area (Å²) >= 11 is 0. The summed E-state index contributed by atoms with van der Waals surface area (Å²) in [7, 11) is 3.97. The van der Waals surface area contributed by atoms with Gasteiger partial charge in [0.15, 0.2) is 0 Å². The number of rotatable bonds is 2. The van der Waals surface area contributed by atoms with Crippen LogP contribution in [-0.2, 0) is 4.79 Å². The summed E-state index contributed by atoms with van der Waals surface area (Å²) in [6.45, 7) is 3.72. The lowest BCUT2D eigenvalue weighted by Crippen LogP contribution is -2.28. The molecule has 22 heavy (non-hydrogen) atoms. The van der Waals surface area contributed by atoms with Crippen molar-refractivity contribution in [3.05, 3.63) is 35.5 Å². The molecule has 0 atom stereocenters. The topological polar surface area (TPSA) is 60.6 Å². The molecular formula is C16H17N5O. The number of guanidine groups is 1. The molecule has 6 nitrogen and oxygen atoms in total. The lowest BCUT2D eigenvalue weighted by molar-refractivity contribution is -0.114. The number of amides is 1. The molecule has 0 unspecified atom stereocenters. The van der Waals surface area contributed by atoms with Crippen LogP contribution in [0.5, 0.6) is 0 Å². The molecule has 1 amide bonds. The van der Waals surface area contributed by atoms with Crippen molar-refractivity contribution in [1.82, 2.24) is 5.01 Å². The Bertz CT molecular complexity index is 753. The Morgan fingerprint density at radius 2 is 1.73 bits per heavy atom. The van der Waals surface area contributed by atoms with E-state index in [0.29, 0.717) is 11.7 Å². The first-order valence-electron chi connectivity index (χ1n) is 6.99. The SMILES string of the molecule is CC1=NC2=NC(=O)C(=Cc3ccc(N(C)C)cc3)N2N=C1C. The van der Waals surface area contributed by atoms with E-state index in [1.165, 1.54) is 5.01 Å². The largest absolute Gasteiger partial charge is 0.378 e. The molecule has 0 aliphatic carbocycles. The van der Waals surface area contributed by atoms with Gasteiger partial charge in [0, 0.05) is 19.8 Å². The highest BCUT2D eigenvalue weighted by molar-refractivity contribution is 6.43. The standard InChI is InChI=1S/C16H17N5O/c1-10-11(2)19-21-14(15(22)18-16(21)17-10)9-12-5-7-13(8-6-12)20(3)4/h5-9H,1-4H3. The maximum atomic E-state index is 12.1. The van der Waals surface area contributed by atoms with E-state index >= 15 is 0 Å². The van der Waals surface area contributed by atoms with Crippen molar-refractivity contribution in [2.45, 2.75) is 13.8 Å². The molecule has 0 fully saturated rings. The minimum absolute atomic E-state index is 0.318. The maximum absolute atomic E-state index is 12.1. The molecule has 0 saturated carbocycles. The zero-order chi connectivity index (χ0) is 15.9. The van der Waals surface area contributed by atoms with Crippen molar-refractivity contribution in [3.63, 3.8) is 0 Å². The van der Waals surface area contributed by atoms with Gasteiger partial charge in [-0.3, -0.25) is 4.79 Å². The Balaban J connectivity index is 1.94. The van der Waals surface area contributed by atoms with Gasteiger partial charge < -0.3 is 4.90 Å². The lowest BCUT2D eigenvalue weighted by Gasteiger charge is -2.18. The quantitative estimate of drug-likeness (QED) is 0.785. The van der Waals surface area contributed by atoms with Crippen LogP contribution in [0.1, 0.15) is 19.4 Å². The Hall–Kier alpha value is -2.76. The summed E-state index contributed by atoms with van der Waals surface area (Å²) in [4.78, 5) is 22.4. The van der Waals surface area contributed by atoms with Gasteiger partial charge in [-0.25, -0.2) is 4.99 Å². The number of hydrogen-bond acceptors (Lipinski definition) is 5. The van der Waals surface area contributed by atoms with E-state index in [2.05, 4.69) is 15.1 Å². The molecule has 0 N–H and O–H groups in total. The Morgan fingerprint density at radius 3 is 2.36 bits per heavy atom. The van der Waals surface area contributed by atoms with E-state index in [9.17, 15) is 4.79 Å². The minimum Gasteiger partial charge on any atom is -0.378 e. The van der Waals surface area contributed by atoms with Gasteiger partial charge in [-0.15, -0.1) is 0 Å². The average Bonchev–Trinajstić information content (AvgIpc) is 2.76. The van der Waals surface area contributed by atoms with Crippen molar-refractivity contribution in [2.24, 2.45) is 15.1 Å². The molecule has 0 aromatic heterocycles. The molecule has 3 rings (SSSR count). The summed E-state index contributed by atoms with van der Waals surface area (Å²) in [6.07, 6.45) is 1.78. The highest BCUT2D eigenvalue weighted by Gasteiger charge is 2.32. The minimum atomic E-state index is -0.318. The molecule has 112 valence electrons. The second-order valence-electron chi connectivity index (χ2n) is 5.43. The Morgan fingerprint density at radius 1 is 1.05 bits per heavy atom. The number of hydrazone groups is 1. The van der Waals surface area contributed by atoms with Crippen LogP contribution in [0.2, 0.25) is 0 Å². The summed E-state index contributed by atoms with van der Waals surface area (Å²) in [5, 5.41) is 5.89. The molecule has 6 heteroatoms. The van der Waals surface area contributed by atoms with E-state index in [0.717, 1.165) is 22.7 Å². The molecule has 2 aliphatic heterocycles. The number of benzene rings is 1. The smallest absolute Gasteiger partial charge is 0.299 e. The fourth-order valence-electron chi connectivity index (χ4n) is 2.17. The maximum Gasteiger partial charge on any atom is 0.299 e. The van der Waals surface area contributed by atoms with Gasteiger partial charge in [-0.05, 0) is 37.6 Å². The summed E-state index contributed by atoms with van der Waals surface area (Å²) < 4.78 is 0. The molecule has 2 heterocycles. The van der Waals surface area contributed by atoms with Crippen molar-refractivity contribution in [1.29, 1.82) is 0 Å². The van der Waals surface area contributed by atoms with Crippen molar-refractivity contribution in [2.75, 3.05) is 19.0 Å². The number of carbonyl (C=O) groups is 1. The highest BCUT2D eigenvalue weighted by Crippen LogP contribution is 2.23. The third kappa shape index (κ3) is 2.43. The van der Waals surface area contributed by atoms with Gasteiger partial charge in [0.1, 0.15) is 5.70 Å². The molecule has 1 aromatic rings. The van der Waals surface area contributed by atoms with Crippen LogP contribution >= 0.6 is 0 Å². The Kier molecular flexibility index (Phi) is 3.36. The fourth-order valence-corrected chi connectivity index (χ4v) is 2.17. The normalized spacial score (nSPS) is 18.9. The fraction of sp³-hybridized carbons (Fsp3) is 0.250. The van der Waals surface area contributed by atoms with Crippen LogP contribution in [-0.4, -0.2) is 42.4 Å². The second-order valence-corrected chi connectivity index (χ2v) is 5.43. The number of aliphatic imine (C=N–C) groups is 2. The van der Waals surface area contributed by atoms with Crippen LogP contribution < -0.4 is 4.90 Å². The van der Waals surface area contributed by atoms with Gasteiger partial charge in [-0.2, -0.15) is 15.1 Å². The van der Waals surface area contributed by atoms with Crippen molar-refractivity contribution >= 4 is 35.1 Å². The molecule has 0 saturated heterocycles. The lowest BCUT2D eigenvalue weighted by atomic mass is 10.1. The van der Waals surface area contributed by atoms with E-state index in [1.807, 2.05) is 57.1 Å². The number of carbonyl (C=O) groups excluding carboxylic acids is 1. The molecule has 2 aliphatic rings. The van der Waals surface area contributed by atoms with Crippen LogP contribution in [0.25, 0.3) is 6.08 Å². The second kappa shape index (κ2) is 5.22. The molecule has 0 bridgehead atoms. The third-order valence-corrected chi connectivity index (χ3v) is 3.59. The van der Waals surface area contributed by atoms with Gasteiger partial charge >= 0.3 is 0 Å². The van der Waals surface area contributed by atoms with Gasteiger partial charge in [0.25, 0.3) is 11.9 Å². The first-order valence-corrected chi connectivity index (χ1v) is 6.99. The first-order chi connectivity index (χ1) is 10.5. The van der Waals surface area contributed by atoms with Crippen LogP contribution in [0, 0.1) is 0 Å². The number of fused-ring (bicyclic) bond motifs is 1. The molecular weight excluding hydrogens is 278 g/mol. The van der Waals surface area contributed by atoms with Crippen LogP contribution in [0.3, 0.4) is 0 Å². The number of hydrogen-bond donors (Lipinski definition) is 0. The summed E-state index contributed by atoms with van der Waals surface area (Å²) in [5.74, 6) is 0.0194. The predicted octanol–water partition coefficient (Wildman–Crippen LogP) is 2.14. The van der Waals surface area contributed by atoms with Gasteiger partial charge in [-0.1, -0.05) is 12.1 Å². The van der Waals surface area contributed by atoms with E-state index < -0.39 is 0 Å². The van der Waals surface area contributed by atoms with E-state index in [4.69, 9.17) is 0 Å². The Labute approximate surface area is 129 Å². The average molecular weight is 295 g/mol. The molecule has 0 spiro atoms. The zero-order valence-electron chi connectivity index (χ0n) is 13.0. The van der Waals surface area contributed by atoms with Crippen molar-refractivity contribution < 1.29 is 4.79 Å². The third-order valence-electron chi connectivity index (χ3n) is 3.59. The summed E-state index contributed by atoms with van der Waals surface area (Å²) in [6, 6.07) is 7.92. The van der Waals surface area contributed by atoms with Crippen LogP contribution in [0.15, 0.2) is 45.0 Å². The van der Waals surface area contributed by atoms with Crippen molar-refractivity contribution in [3.8, 4) is 0 Å².